The Hall–Kier alpha value is -2.78. The van der Waals surface area contributed by atoms with Gasteiger partial charge in [-0.15, -0.1) is 11.8 Å². The van der Waals surface area contributed by atoms with Gasteiger partial charge in [-0.25, -0.2) is 4.98 Å². The molecule has 160 valence electrons. The SMILES string of the molecule is CC(C)Sc1ccccc1Nc1nc(Nc2ccc3c(c2)N(C)C(=O)CO3)ncc1Br. The van der Waals surface area contributed by atoms with E-state index in [0.29, 0.717) is 28.5 Å². The summed E-state index contributed by atoms with van der Waals surface area (Å²) in [6.45, 7) is 4.38. The quantitative estimate of drug-likeness (QED) is 0.428. The van der Waals surface area contributed by atoms with Crippen LogP contribution in [0.2, 0.25) is 0 Å². The van der Waals surface area contributed by atoms with Gasteiger partial charge < -0.3 is 20.3 Å². The minimum absolute atomic E-state index is 0.0533. The number of aromatic nitrogens is 2. The average molecular weight is 500 g/mol. The molecule has 3 aromatic rings. The van der Waals surface area contributed by atoms with Crippen molar-refractivity contribution in [3.63, 3.8) is 0 Å². The van der Waals surface area contributed by atoms with Crippen LogP contribution in [0.4, 0.5) is 28.8 Å². The van der Waals surface area contributed by atoms with E-state index in [1.807, 2.05) is 36.4 Å². The lowest BCUT2D eigenvalue weighted by Gasteiger charge is -2.26. The number of rotatable bonds is 6. The zero-order chi connectivity index (χ0) is 22.0. The molecule has 0 spiro atoms. The van der Waals surface area contributed by atoms with Gasteiger partial charge in [-0.05, 0) is 46.3 Å². The fourth-order valence-corrected chi connectivity index (χ4v) is 4.25. The summed E-state index contributed by atoms with van der Waals surface area (Å²) in [5.74, 6) is 1.67. The second-order valence-electron chi connectivity index (χ2n) is 7.23. The lowest BCUT2D eigenvalue weighted by molar-refractivity contribution is -0.120. The number of nitrogens with zero attached hydrogens (tertiary/aromatic N) is 3. The van der Waals surface area contributed by atoms with Crippen molar-refractivity contribution in [2.24, 2.45) is 0 Å². The Morgan fingerprint density at radius 1 is 1.19 bits per heavy atom. The van der Waals surface area contributed by atoms with Gasteiger partial charge in [-0.2, -0.15) is 4.98 Å². The van der Waals surface area contributed by atoms with Crippen LogP contribution in [0.5, 0.6) is 5.75 Å². The number of para-hydroxylation sites is 1. The molecule has 2 N–H and O–H groups in total. The third-order valence-electron chi connectivity index (χ3n) is 4.55. The first-order valence-electron chi connectivity index (χ1n) is 9.76. The van der Waals surface area contributed by atoms with Gasteiger partial charge in [0.25, 0.3) is 5.91 Å². The van der Waals surface area contributed by atoms with E-state index in [2.05, 4.69) is 56.4 Å². The summed E-state index contributed by atoms with van der Waals surface area (Å²) in [6.07, 6.45) is 1.70. The first kappa shape index (κ1) is 21.5. The van der Waals surface area contributed by atoms with E-state index in [1.165, 1.54) is 0 Å². The highest BCUT2D eigenvalue weighted by Crippen LogP contribution is 2.36. The third-order valence-corrected chi connectivity index (χ3v) is 6.21. The lowest BCUT2D eigenvalue weighted by atomic mass is 10.2. The number of nitrogens with one attached hydrogen (secondary N) is 2. The first-order valence-corrected chi connectivity index (χ1v) is 11.4. The zero-order valence-corrected chi connectivity index (χ0v) is 19.8. The predicted octanol–water partition coefficient (Wildman–Crippen LogP) is 5.58. The predicted molar refractivity (Wildman–Crippen MR) is 129 cm³/mol. The van der Waals surface area contributed by atoms with Crippen molar-refractivity contribution in [2.75, 3.05) is 29.2 Å². The summed E-state index contributed by atoms with van der Waals surface area (Å²) in [6, 6.07) is 13.7. The molecule has 2 aromatic carbocycles. The normalized spacial score (nSPS) is 13.1. The molecule has 4 rings (SSSR count). The van der Waals surface area contributed by atoms with Gasteiger partial charge in [0.15, 0.2) is 6.61 Å². The second-order valence-corrected chi connectivity index (χ2v) is 9.70. The van der Waals surface area contributed by atoms with Gasteiger partial charge in [0.1, 0.15) is 11.6 Å². The molecular weight excluding hydrogens is 478 g/mol. The summed E-state index contributed by atoms with van der Waals surface area (Å²) >= 11 is 5.32. The Morgan fingerprint density at radius 2 is 2.00 bits per heavy atom. The topological polar surface area (TPSA) is 79.4 Å². The van der Waals surface area contributed by atoms with Crippen molar-refractivity contribution in [1.82, 2.24) is 9.97 Å². The van der Waals surface area contributed by atoms with Gasteiger partial charge in [0.05, 0.1) is 15.8 Å². The number of amides is 1. The Bertz CT molecular complexity index is 1120. The van der Waals surface area contributed by atoms with Crippen LogP contribution >= 0.6 is 27.7 Å². The van der Waals surface area contributed by atoms with Crippen molar-refractivity contribution in [3.8, 4) is 5.75 Å². The molecular formula is C22H22BrN5O2S. The molecule has 1 aliphatic rings. The molecule has 0 unspecified atom stereocenters. The molecule has 1 amide bonds. The summed E-state index contributed by atoms with van der Waals surface area (Å²) in [5.41, 5.74) is 2.45. The number of benzene rings is 2. The Morgan fingerprint density at radius 3 is 2.81 bits per heavy atom. The third kappa shape index (κ3) is 4.94. The van der Waals surface area contributed by atoms with Gasteiger partial charge in [-0.1, -0.05) is 26.0 Å². The van der Waals surface area contributed by atoms with E-state index >= 15 is 0 Å². The molecule has 9 heteroatoms. The highest BCUT2D eigenvalue weighted by molar-refractivity contribution is 9.10. The second kappa shape index (κ2) is 9.15. The number of hydrogen-bond donors (Lipinski definition) is 2. The van der Waals surface area contributed by atoms with Crippen molar-refractivity contribution in [1.29, 1.82) is 0 Å². The van der Waals surface area contributed by atoms with Gasteiger partial charge in [0.2, 0.25) is 5.95 Å². The van der Waals surface area contributed by atoms with Gasteiger partial charge in [-0.3, -0.25) is 4.79 Å². The maximum Gasteiger partial charge on any atom is 0.264 e. The molecule has 0 atom stereocenters. The number of carbonyl (C=O) groups excluding carboxylic acids is 1. The monoisotopic (exact) mass is 499 g/mol. The molecule has 1 aromatic heterocycles. The largest absolute Gasteiger partial charge is 0.482 e. The van der Waals surface area contributed by atoms with Crippen LogP contribution in [0.3, 0.4) is 0 Å². The molecule has 31 heavy (non-hydrogen) atoms. The van der Waals surface area contributed by atoms with Crippen LogP contribution in [0, 0.1) is 0 Å². The molecule has 0 saturated carbocycles. The molecule has 0 aliphatic carbocycles. The average Bonchev–Trinajstić information content (AvgIpc) is 2.74. The fraction of sp³-hybridized carbons (Fsp3) is 0.227. The number of anilines is 5. The number of thioether (sulfide) groups is 1. The lowest BCUT2D eigenvalue weighted by Crippen LogP contribution is -2.35. The van der Waals surface area contributed by atoms with Crippen LogP contribution in [-0.2, 0) is 4.79 Å². The highest BCUT2D eigenvalue weighted by atomic mass is 79.9. The van der Waals surface area contributed by atoms with Crippen molar-refractivity contribution >= 4 is 62.4 Å². The number of fused-ring (bicyclic) bond motifs is 1. The minimum atomic E-state index is -0.0889. The Balaban J connectivity index is 1.58. The maximum absolute atomic E-state index is 11.9. The number of carbonyl (C=O) groups is 1. The van der Waals surface area contributed by atoms with E-state index in [0.717, 1.165) is 20.7 Å². The van der Waals surface area contributed by atoms with E-state index in [4.69, 9.17) is 4.74 Å². The van der Waals surface area contributed by atoms with E-state index in [-0.39, 0.29) is 12.5 Å². The number of hydrogen-bond acceptors (Lipinski definition) is 7. The maximum atomic E-state index is 11.9. The Labute approximate surface area is 193 Å². The number of halogens is 1. The van der Waals surface area contributed by atoms with Crippen LogP contribution in [-0.4, -0.2) is 34.8 Å². The summed E-state index contributed by atoms with van der Waals surface area (Å²) < 4.78 is 6.24. The van der Waals surface area contributed by atoms with Crippen LogP contribution in [0.15, 0.2) is 58.0 Å². The molecule has 0 fully saturated rings. The minimum Gasteiger partial charge on any atom is -0.482 e. The molecule has 0 saturated heterocycles. The number of likely N-dealkylation sites (N-methyl/N-ethyl adjacent to an activating group) is 1. The standard InChI is InChI=1S/C22H22BrN5O2S/c1-13(2)31-19-7-5-4-6-16(19)26-21-15(23)11-24-22(27-21)25-14-8-9-18-17(10-14)28(3)20(29)12-30-18/h4-11,13H,12H2,1-3H3,(H2,24,25,26,27). The van der Waals surface area contributed by atoms with E-state index in [1.54, 1.807) is 29.9 Å². The van der Waals surface area contributed by atoms with Gasteiger partial charge >= 0.3 is 0 Å². The smallest absolute Gasteiger partial charge is 0.264 e. The van der Waals surface area contributed by atoms with Gasteiger partial charge in [0, 0.05) is 29.1 Å². The first-order chi connectivity index (χ1) is 14.9. The molecule has 1 aliphatic heterocycles. The van der Waals surface area contributed by atoms with Crippen molar-refractivity contribution in [3.05, 3.63) is 53.1 Å². The van der Waals surface area contributed by atoms with Crippen molar-refractivity contribution in [2.45, 2.75) is 24.0 Å². The Kier molecular flexibility index (Phi) is 6.33. The van der Waals surface area contributed by atoms with Crippen LogP contribution in [0.25, 0.3) is 0 Å². The highest BCUT2D eigenvalue weighted by Gasteiger charge is 2.22. The summed E-state index contributed by atoms with van der Waals surface area (Å²) in [5, 5.41) is 7.08. The van der Waals surface area contributed by atoms with E-state index in [9.17, 15) is 4.79 Å². The van der Waals surface area contributed by atoms with Crippen LogP contribution < -0.4 is 20.3 Å². The van der Waals surface area contributed by atoms with Crippen molar-refractivity contribution < 1.29 is 9.53 Å². The summed E-state index contributed by atoms with van der Waals surface area (Å²) in [7, 11) is 1.73. The van der Waals surface area contributed by atoms with E-state index < -0.39 is 0 Å². The summed E-state index contributed by atoms with van der Waals surface area (Å²) in [4.78, 5) is 23.7. The molecule has 0 bridgehead atoms. The number of ether oxygens (including phenoxy) is 1. The molecule has 7 nitrogen and oxygen atoms in total. The van der Waals surface area contributed by atoms with Crippen LogP contribution in [0.1, 0.15) is 13.8 Å². The fourth-order valence-electron chi connectivity index (χ4n) is 3.05. The molecule has 0 radical (unpaired) electrons. The molecule has 2 heterocycles. The zero-order valence-electron chi connectivity index (χ0n) is 17.3.